The summed E-state index contributed by atoms with van der Waals surface area (Å²) in [5.74, 6) is -0.957. The first-order chi connectivity index (χ1) is 11.8. The van der Waals surface area contributed by atoms with Gasteiger partial charge in [0.1, 0.15) is 9.84 Å². The van der Waals surface area contributed by atoms with Crippen LogP contribution < -0.4 is 5.32 Å². The molecule has 5 nitrogen and oxygen atoms in total. The summed E-state index contributed by atoms with van der Waals surface area (Å²) >= 11 is 0. The minimum absolute atomic E-state index is 0.0741. The number of carbonyl (C=O) groups is 2. The quantitative estimate of drug-likeness (QED) is 0.769. The van der Waals surface area contributed by atoms with Crippen LogP contribution in [0.2, 0.25) is 0 Å². The van der Waals surface area contributed by atoms with Gasteiger partial charge in [-0.3, -0.25) is 9.59 Å². The molecule has 0 heterocycles. The first-order valence-electron chi connectivity index (χ1n) is 7.93. The van der Waals surface area contributed by atoms with Gasteiger partial charge in [-0.1, -0.05) is 48.5 Å². The fourth-order valence-electron chi connectivity index (χ4n) is 2.37. The maximum Gasteiger partial charge on any atom is 0.227 e. The van der Waals surface area contributed by atoms with E-state index in [0.717, 1.165) is 6.26 Å². The van der Waals surface area contributed by atoms with Crippen molar-refractivity contribution in [2.24, 2.45) is 0 Å². The first kappa shape index (κ1) is 18.9. The van der Waals surface area contributed by atoms with Gasteiger partial charge in [0.2, 0.25) is 5.91 Å². The van der Waals surface area contributed by atoms with Crippen molar-refractivity contribution >= 4 is 21.5 Å². The van der Waals surface area contributed by atoms with E-state index in [1.54, 1.807) is 55.5 Å². The lowest BCUT2D eigenvalue weighted by Gasteiger charge is -2.13. The van der Waals surface area contributed by atoms with Gasteiger partial charge < -0.3 is 5.32 Å². The Morgan fingerprint density at radius 1 is 1.00 bits per heavy atom. The molecule has 2 rings (SSSR count). The Morgan fingerprint density at radius 3 is 2.28 bits per heavy atom. The van der Waals surface area contributed by atoms with Gasteiger partial charge in [-0.25, -0.2) is 8.42 Å². The van der Waals surface area contributed by atoms with Gasteiger partial charge in [0.15, 0.2) is 5.78 Å². The Labute approximate surface area is 148 Å². The van der Waals surface area contributed by atoms with Crippen molar-refractivity contribution in [3.63, 3.8) is 0 Å². The fourth-order valence-corrected chi connectivity index (χ4v) is 2.84. The highest BCUT2D eigenvalue weighted by Gasteiger charge is 2.17. The average Bonchev–Trinajstić information content (AvgIpc) is 2.60. The van der Waals surface area contributed by atoms with Crippen LogP contribution in [-0.2, 0) is 14.6 Å². The number of rotatable bonds is 7. The van der Waals surface area contributed by atoms with Crippen molar-refractivity contribution in [2.75, 3.05) is 18.6 Å². The highest BCUT2D eigenvalue weighted by atomic mass is 32.2. The van der Waals surface area contributed by atoms with E-state index in [9.17, 15) is 18.0 Å². The molecular weight excluding hydrogens is 338 g/mol. The lowest BCUT2D eigenvalue weighted by atomic mass is 9.95. The largest absolute Gasteiger partial charge is 0.355 e. The predicted molar refractivity (Wildman–Crippen MR) is 97.5 cm³/mol. The third-order valence-electron chi connectivity index (χ3n) is 3.85. The van der Waals surface area contributed by atoms with Crippen molar-refractivity contribution in [2.45, 2.75) is 12.8 Å². The molecule has 1 unspecified atom stereocenters. The number of benzene rings is 2. The summed E-state index contributed by atoms with van der Waals surface area (Å²) in [6.45, 7) is 1.80. The molecule has 0 radical (unpaired) electrons. The number of amides is 1. The first-order valence-corrected chi connectivity index (χ1v) is 9.99. The van der Waals surface area contributed by atoms with Crippen LogP contribution in [0.5, 0.6) is 0 Å². The molecule has 0 aliphatic rings. The van der Waals surface area contributed by atoms with E-state index >= 15 is 0 Å². The van der Waals surface area contributed by atoms with Crippen molar-refractivity contribution in [1.29, 1.82) is 0 Å². The molecule has 6 heteroatoms. The number of carbonyl (C=O) groups excluding carboxylic acids is 2. The van der Waals surface area contributed by atoms with Crippen LogP contribution in [0.3, 0.4) is 0 Å². The van der Waals surface area contributed by atoms with Gasteiger partial charge in [0.25, 0.3) is 0 Å². The van der Waals surface area contributed by atoms with Crippen LogP contribution in [-0.4, -0.2) is 38.7 Å². The molecular formula is C19H21NO4S. The monoisotopic (exact) mass is 359 g/mol. The van der Waals surface area contributed by atoms with Crippen LogP contribution in [0.25, 0.3) is 0 Å². The number of hydrogen-bond acceptors (Lipinski definition) is 4. The summed E-state index contributed by atoms with van der Waals surface area (Å²) in [6, 6.07) is 15.9. The standard InChI is InChI=1S/C19H21NO4S/c1-14(19(22)20-11-12-25(2,23)24)16-9-6-10-17(13-16)18(21)15-7-4-3-5-8-15/h3-10,13-14H,11-12H2,1-2H3,(H,20,22). The summed E-state index contributed by atoms with van der Waals surface area (Å²) in [5, 5.41) is 2.61. The number of sulfone groups is 1. The molecule has 1 amide bonds. The normalized spacial score (nSPS) is 12.4. The van der Waals surface area contributed by atoms with Crippen molar-refractivity contribution in [1.82, 2.24) is 5.32 Å². The van der Waals surface area contributed by atoms with Gasteiger partial charge >= 0.3 is 0 Å². The predicted octanol–water partition coefficient (Wildman–Crippen LogP) is 2.18. The molecule has 2 aromatic rings. The van der Waals surface area contributed by atoms with E-state index in [0.29, 0.717) is 16.7 Å². The zero-order chi connectivity index (χ0) is 18.4. The molecule has 2 aromatic carbocycles. The van der Waals surface area contributed by atoms with Crippen molar-refractivity contribution in [3.8, 4) is 0 Å². The molecule has 0 aromatic heterocycles. The third-order valence-corrected chi connectivity index (χ3v) is 4.80. The molecule has 0 saturated heterocycles. The van der Waals surface area contributed by atoms with E-state index in [-0.39, 0.29) is 24.0 Å². The molecule has 0 spiro atoms. The summed E-state index contributed by atoms with van der Waals surface area (Å²) < 4.78 is 22.2. The molecule has 0 fully saturated rings. The lowest BCUT2D eigenvalue weighted by molar-refractivity contribution is -0.122. The Kier molecular flexibility index (Phi) is 6.09. The number of nitrogens with one attached hydrogen (secondary N) is 1. The summed E-state index contributed by atoms with van der Waals surface area (Å²) in [5.41, 5.74) is 1.81. The number of ketones is 1. The van der Waals surface area contributed by atoms with E-state index in [1.165, 1.54) is 0 Å². The van der Waals surface area contributed by atoms with Crippen LogP contribution in [0.1, 0.15) is 34.3 Å². The van der Waals surface area contributed by atoms with E-state index < -0.39 is 15.8 Å². The zero-order valence-electron chi connectivity index (χ0n) is 14.2. The number of hydrogen-bond donors (Lipinski definition) is 1. The van der Waals surface area contributed by atoms with Crippen LogP contribution >= 0.6 is 0 Å². The van der Waals surface area contributed by atoms with Gasteiger partial charge in [-0.05, 0) is 18.6 Å². The van der Waals surface area contributed by atoms with E-state index in [4.69, 9.17) is 0 Å². The Hall–Kier alpha value is -2.47. The molecule has 0 bridgehead atoms. The molecule has 25 heavy (non-hydrogen) atoms. The zero-order valence-corrected chi connectivity index (χ0v) is 15.0. The second-order valence-electron chi connectivity index (χ2n) is 5.96. The second-order valence-corrected chi connectivity index (χ2v) is 8.22. The minimum Gasteiger partial charge on any atom is -0.355 e. The Bertz CT molecular complexity index is 860. The Morgan fingerprint density at radius 2 is 1.64 bits per heavy atom. The lowest BCUT2D eigenvalue weighted by Crippen LogP contribution is -2.32. The second kappa shape index (κ2) is 8.07. The van der Waals surface area contributed by atoms with Gasteiger partial charge in [-0.15, -0.1) is 0 Å². The van der Waals surface area contributed by atoms with Crippen LogP contribution in [0.4, 0.5) is 0 Å². The summed E-state index contributed by atoms with van der Waals surface area (Å²) in [4.78, 5) is 24.7. The van der Waals surface area contributed by atoms with Crippen LogP contribution in [0, 0.1) is 0 Å². The molecule has 0 aliphatic carbocycles. The molecule has 1 N–H and O–H groups in total. The minimum atomic E-state index is -3.12. The van der Waals surface area contributed by atoms with E-state index in [2.05, 4.69) is 5.32 Å². The third kappa shape index (κ3) is 5.53. The summed E-state index contributed by atoms with van der Waals surface area (Å²) in [7, 11) is -3.12. The summed E-state index contributed by atoms with van der Waals surface area (Å²) in [6.07, 6.45) is 1.13. The van der Waals surface area contributed by atoms with Gasteiger partial charge in [0.05, 0.1) is 11.7 Å². The molecule has 1 atom stereocenters. The van der Waals surface area contributed by atoms with Gasteiger partial charge in [0, 0.05) is 23.9 Å². The maximum absolute atomic E-state index is 12.5. The topological polar surface area (TPSA) is 80.3 Å². The fraction of sp³-hybridized carbons (Fsp3) is 0.263. The Balaban J connectivity index is 2.09. The average molecular weight is 359 g/mol. The SMILES string of the molecule is CC(C(=O)NCCS(C)(=O)=O)c1cccc(C(=O)c2ccccc2)c1. The maximum atomic E-state index is 12.5. The highest BCUT2D eigenvalue weighted by molar-refractivity contribution is 7.90. The van der Waals surface area contributed by atoms with Crippen molar-refractivity contribution in [3.05, 3.63) is 71.3 Å². The molecule has 132 valence electrons. The van der Waals surface area contributed by atoms with E-state index in [1.807, 2.05) is 6.07 Å². The van der Waals surface area contributed by atoms with Gasteiger partial charge in [-0.2, -0.15) is 0 Å². The molecule has 0 aliphatic heterocycles. The highest BCUT2D eigenvalue weighted by Crippen LogP contribution is 2.19. The smallest absolute Gasteiger partial charge is 0.227 e. The van der Waals surface area contributed by atoms with Crippen LogP contribution in [0.15, 0.2) is 54.6 Å². The molecule has 0 saturated carbocycles. The van der Waals surface area contributed by atoms with Crippen molar-refractivity contribution < 1.29 is 18.0 Å².